The van der Waals surface area contributed by atoms with Crippen molar-refractivity contribution in [2.24, 2.45) is 16.8 Å². The van der Waals surface area contributed by atoms with Crippen LogP contribution in [0.3, 0.4) is 0 Å². The maximum Gasteiger partial charge on any atom is 0.337 e. The summed E-state index contributed by atoms with van der Waals surface area (Å²) in [5, 5.41) is 4.86. The van der Waals surface area contributed by atoms with Crippen molar-refractivity contribution in [3.05, 3.63) is 11.3 Å². The fourth-order valence-electron chi connectivity index (χ4n) is 1.49. The Balaban J connectivity index is 3.02. The zero-order valence-electron chi connectivity index (χ0n) is 9.73. The highest BCUT2D eigenvalue weighted by Crippen LogP contribution is 2.17. The number of ether oxygens (including phenoxy) is 1. The molecule has 0 saturated carbocycles. The van der Waals surface area contributed by atoms with E-state index < -0.39 is 0 Å². The molecule has 0 aromatic carbocycles. The van der Waals surface area contributed by atoms with Gasteiger partial charge in [0.2, 0.25) is 5.96 Å². The minimum atomic E-state index is -0.363. The summed E-state index contributed by atoms with van der Waals surface area (Å²) in [6, 6.07) is 0. The number of hydrogen-bond acceptors (Lipinski definition) is 5. The first-order valence-corrected chi connectivity index (χ1v) is 4.93. The number of allylic oxidation sites excluding steroid dienone is 1. The number of hydrazone groups is 1. The first-order valence-electron chi connectivity index (χ1n) is 4.93. The Labute approximate surface area is 94.3 Å². The van der Waals surface area contributed by atoms with Crippen LogP contribution in [-0.2, 0) is 9.53 Å². The van der Waals surface area contributed by atoms with E-state index in [1.54, 1.807) is 25.8 Å². The van der Waals surface area contributed by atoms with Gasteiger partial charge < -0.3 is 15.5 Å². The predicted molar refractivity (Wildman–Crippen MR) is 59.6 cm³/mol. The minimum absolute atomic E-state index is 0.241. The molecule has 7 heteroatoms. The number of rotatable bonds is 2. The quantitative estimate of drug-likeness (QED) is 0.363. The molecule has 1 aliphatic heterocycles. The van der Waals surface area contributed by atoms with Crippen molar-refractivity contribution in [3.63, 3.8) is 0 Å². The molecular weight excluding hydrogens is 210 g/mol. The average Bonchev–Trinajstić information content (AvgIpc) is 2.24. The Morgan fingerprint density at radius 3 is 2.75 bits per heavy atom. The second-order valence-electron chi connectivity index (χ2n) is 3.40. The molecular formula is C9H17N5O2. The fraction of sp³-hybridized carbons (Fsp3) is 0.556. The van der Waals surface area contributed by atoms with Gasteiger partial charge in [-0.05, 0) is 13.8 Å². The molecule has 0 aromatic heterocycles. The van der Waals surface area contributed by atoms with E-state index in [0.717, 1.165) is 5.70 Å². The molecule has 0 bridgehead atoms. The zero-order valence-corrected chi connectivity index (χ0v) is 9.73. The average molecular weight is 227 g/mol. The van der Waals surface area contributed by atoms with E-state index in [2.05, 4.69) is 5.10 Å². The molecule has 0 fully saturated rings. The van der Waals surface area contributed by atoms with E-state index in [9.17, 15) is 4.79 Å². The number of carbonyl (C=O) groups is 1. The lowest BCUT2D eigenvalue weighted by Gasteiger charge is -2.34. The Hall–Kier alpha value is -1.76. The number of carbonyl (C=O) groups excluding carboxylic acids is 1. The van der Waals surface area contributed by atoms with Crippen LogP contribution in [0.25, 0.3) is 0 Å². The third-order valence-corrected chi connectivity index (χ3v) is 2.46. The standard InChI is InChI=1S/C9H17N5O2/c1-4-16-8(15)7-5-14(11)9(12-10)13(3)6(7)2/h4-5,10-11H2,1-3H3/b12-9-. The summed E-state index contributed by atoms with van der Waals surface area (Å²) in [4.78, 5) is 13.3. The number of guanidine groups is 1. The molecule has 16 heavy (non-hydrogen) atoms. The highest BCUT2D eigenvalue weighted by Gasteiger charge is 2.28. The molecule has 0 amide bonds. The van der Waals surface area contributed by atoms with E-state index in [-0.39, 0.29) is 12.5 Å². The normalized spacial score (nSPS) is 19.4. The molecule has 0 radical (unpaired) electrons. The van der Waals surface area contributed by atoms with Crippen molar-refractivity contribution >= 4 is 11.9 Å². The molecule has 0 atom stereocenters. The van der Waals surface area contributed by atoms with Gasteiger partial charge in [-0.1, -0.05) is 0 Å². The van der Waals surface area contributed by atoms with Crippen LogP contribution in [-0.4, -0.2) is 42.0 Å². The van der Waals surface area contributed by atoms with Crippen LogP contribution >= 0.6 is 0 Å². The van der Waals surface area contributed by atoms with Crippen LogP contribution in [0.4, 0.5) is 0 Å². The lowest BCUT2D eigenvalue weighted by Crippen LogP contribution is -2.52. The van der Waals surface area contributed by atoms with Crippen molar-refractivity contribution < 1.29 is 9.53 Å². The van der Waals surface area contributed by atoms with Gasteiger partial charge >= 0.3 is 5.97 Å². The summed E-state index contributed by atoms with van der Waals surface area (Å²) in [7, 11) is 1.74. The highest BCUT2D eigenvalue weighted by molar-refractivity contribution is 5.94. The Morgan fingerprint density at radius 2 is 2.25 bits per heavy atom. The van der Waals surface area contributed by atoms with Crippen molar-refractivity contribution in [2.75, 3.05) is 20.2 Å². The molecule has 4 N–H and O–H groups in total. The van der Waals surface area contributed by atoms with E-state index in [1.807, 2.05) is 0 Å². The van der Waals surface area contributed by atoms with Crippen LogP contribution in [0.1, 0.15) is 13.8 Å². The molecule has 0 saturated heterocycles. The summed E-state index contributed by atoms with van der Waals surface area (Å²) < 4.78 is 4.94. The third kappa shape index (κ3) is 2.08. The summed E-state index contributed by atoms with van der Waals surface area (Å²) in [6.45, 7) is 4.13. The van der Waals surface area contributed by atoms with Crippen LogP contribution < -0.4 is 11.7 Å². The van der Waals surface area contributed by atoms with E-state index in [4.69, 9.17) is 16.4 Å². The summed E-state index contributed by atoms with van der Waals surface area (Å²) in [6.07, 6.45) is 0. The van der Waals surface area contributed by atoms with E-state index in [1.165, 1.54) is 5.01 Å². The summed E-state index contributed by atoms with van der Waals surface area (Å²) >= 11 is 0. The fourth-order valence-corrected chi connectivity index (χ4v) is 1.49. The maximum absolute atomic E-state index is 11.6. The van der Waals surface area contributed by atoms with Crippen molar-refractivity contribution in [3.8, 4) is 0 Å². The molecule has 1 rings (SSSR count). The topological polar surface area (TPSA) is 97.2 Å². The largest absolute Gasteiger partial charge is 0.463 e. The van der Waals surface area contributed by atoms with Gasteiger partial charge in [0.15, 0.2) is 0 Å². The molecule has 90 valence electrons. The Morgan fingerprint density at radius 1 is 1.62 bits per heavy atom. The number of hydrazine groups is 1. The van der Waals surface area contributed by atoms with Gasteiger partial charge in [-0.25, -0.2) is 10.6 Å². The number of nitrogens with zero attached hydrogens (tertiary/aromatic N) is 3. The van der Waals surface area contributed by atoms with Crippen molar-refractivity contribution in [2.45, 2.75) is 13.8 Å². The molecule has 1 heterocycles. The molecule has 0 spiro atoms. The van der Waals surface area contributed by atoms with Gasteiger partial charge in [-0.15, -0.1) is 5.10 Å². The first kappa shape index (κ1) is 12.3. The van der Waals surface area contributed by atoms with Crippen LogP contribution in [0.15, 0.2) is 16.4 Å². The van der Waals surface area contributed by atoms with Gasteiger partial charge in [-0.2, -0.15) is 0 Å². The van der Waals surface area contributed by atoms with E-state index in [0.29, 0.717) is 18.1 Å². The Bertz CT molecular complexity index is 350. The SMILES string of the molecule is CCOC(=O)C1=C(C)N(C)/C(=N/N)N(N)C1. The third-order valence-electron chi connectivity index (χ3n) is 2.46. The van der Waals surface area contributed by atoms with Gasteiger partial charge in [0.25, 0.3) is 0 Å². The number of hydrogen-bond donors (Lipinski definition) is 2. The van der Waals surface area contributed by atoms with Gasteiger partial charge in [0.05, 0.1) is 18.7 Å². The predicted octanol–water partition coefficient (Wildman–Crippen LogP) is -0.826. The lowest BCUT2D eigenvalue weighted by atomic mass is 10.1. The van der Waals surface area contributed by atoms with Gasteiger partial charge in [0, 0.05) is 12.7 Å². The highest BCUT2D eigenvalue weighted by atomic mass is 16.5. The van der Waals surface area contributed by atoms with Crippen molar-refractivity contribution in [1.29, 1.82) is 0 Å². The Kier molecular flexibility index (Phi) is 3.73. The van der Waals surface area contributed by atoms with Gasteiger partial charge in [-0.3, -0.25) is 5.01 Å². The lowest BCUT2D eigenvalue weighted by molar-refractivity contribution is -0.139. The number of esters is 1. The molecule has 0 aliphatic carbocycles. The second kappa shape index (κ2) is 4.84. The molecule has 1 aliphatic rings. The van der Waals surface area contributed by atoms with Crippen LogP contribution in [0.2, 0.25) is 0 Å². The minimum Gasteiger partial charge on any atom is -0.463 e. The maximum atomic E-state index is 11.6. The van der Waals surface area contributed by atoms with Crippen LogP contribution in [0.5, 0.6) is 0 Å². The summed E-state index contributed by atoms with van der Waals surface area (Å²) in [5.74, 6) is 11.0. The van der Waals surface area contributed by atoms with Crippen molar-refractivity contribution in [1.82, 2.24) is 9.91 Å². The second-order valence-corrected chi connectivity index (χ2v) is 3.40. The van der Waals surface area contributed by atoms with Gasteiger partial charge in [0.1, 0.15) is 0 Å². The molecule has 0 aromatic rings. The smallest absolute Gasteiger partial charge is 0.337 e. The first-order chi connectivity index (χ1) is 7.52. The number of nitrogens with two attached hydrogens (primary N) is 2. The van der Waals surface area contributed by atoms with Crippen LogP contribution in [0, 0.1) is 0 Å². The summed E-state index contributed by atoms with van der Waals surface area (Å²) in [5.41, 5.74) is 1.25. The monoisotopic (exact) mass is 227 g/mol. The molecule has 7 nitrogen and oxygen atoms in total. The van der Waals surface area contributed by atoms with E-state index >= 15 is 0 Å². The molecule has 0 unspecified atom stereocenters. The zero-order chi connectivity index (χ0) is 12.3.